The first kappa shape index (κ1) is 19.6. The molecule has 0 bridgehead atoms. The highest BCUT2D eigenvalue weighted by Crippen LogP contribution is 2.14. The first-order chi connectivity index (χ1) is 13.1. The molecule has 1 heterocycles. The van der Waals surface area contributed by atoms with Crippen LogP contribution in [-0.2, 0) is 19.6 Å². The van der Waals surface area contributed by atoms with Crippen molar-refractivity contribution in [1.82, 2.24) is 15.1 Å². The first-order valence-electron chi connectivity index (χ1n) is 9.93. The molecular formula is C23H31N3O. The van der Waals surface area contributed by atoms with Gasteiger partial charge in [-0.1, -0.05) is 42.8 Å². The summed E-state index contributed by atoms with van der Waals surface area (Å²) < 4.78 is 0. The Labute approximate surface area is 163 Å². The number of benzene rings is 2. The lowest BCUT2D eigenvalue weighted by Gasteiger charge is -2.26. The van der Waals surface area contributed by atoms with Gasteiger partial charge in [-0.3, -0.25) is 9.69 Å². The predicted octanol–water partition coefficient (Wildman–Crippen LogP) is 3.66. The number of nitrogens with zero attached hydrogens (tertiary/aromatic N) is 2. The molecule has 2 aromatic rings. The van der Waals surface area contributed by atoms with Gasteiger partial charge in [-0.2, -0.15) is 0 Å². The summed E-state index contributed by atoms with van der Waals surface area (Å²) in [4.78, 5) is 17.2. The molecule has 1 aliphatic heterocycles. The van der Waals surface area contributed by atoms with Crippen molar-refractivity contribution in [1.29, 1.82) is 0 Å². The van der Waals surface area contributed by atoms with Gasteiger partial charge in [0.15, 0.2) is 0 Å². The van der Waals surface area contributed by atoms with E-state index in [9.17, 15) is 4.79 Å². The molecule has 0 spiro atoms. The molecule has 1 aliphatic rings. The minimum atomic E-state index is -0.0146. The van der Waals surface area contributed by atoms with Crippen LogP contribution in [0.4, 0.5) is 0 Å². The standard InChI is InChI=1S/C23H31N3O/c1-25(2)18-22-9-5-4-8-21(22)16-24-23(27)20-12-10-19(11-13-20)17-26-14-6-3-7-15-26/h4-5,8-13H,3,6-7,14-18H2,1-2H3,(H,24,27). The monoisotopic (exact) mass is 365 g/mol. The Kier molecular flexibility index (Phi) is 7.02. The normalized spacial score (nSPS) is 15.1. The summed E-state index contributed by atoms with van der Waals surface area (Å²) in [6.07, 6.45) is 3.96. The summed E-state index contributed by atoms with van der Waals surface area (Å²) >= 11 is 0. The Hall–Kier alpha value is -2.17. The van der Waals surface area contributed by atoms with Crippen molar-refractivity contribution < 1.29 is 4.79 Å². The highest BCUT2D eigenvalue weighted by Gasteiger charge is 2.11. The second-order valence-corrected chi connectivity index (χ2v) is 7.72. The minimum absolute atomic E-state index is 0.0146. The number of piperidine rings is 1. The topological polar surface area (TPSA) is 35.6 Å². The summed E-state index contributed by atoms with van der Waals surface area (Å²) in [7, 11) is 4.11. The van der Waals surface area contributed by atoms with Crippen molar-refractivity contribution >= 4 is 5.91 Å². The number of carbonyl (C=O) groups is 1. The highest BCUT2D eigenvalue weighted by atomic mass is 16.1. The zero-order valence-electron chi connectivity index (χ0n) is 16.6. The smallest absolute Gasteiger partial charge is 0.251 e. The van der Waals surface area contributed by atoms with E-state index < -0.39 is 0 Å². The number of likely N-dealkylation sites (tertiary alicyclic amines) is 1. The lowest BCUT2D eigenvalue weighted by molar-refractivity contribution is 0.0950. The number of rotatable bonds is 7. The minimum Gasteiger partial charge on any atom is -0.348 e. The van der Waals surface area contributed by atoms with Crippen molar-refractivity contribution in [2.45, 2.75) is 38.9 Å². The summed E-state index contributed by atoms with van der Waals surface area (Å²) in [6.45, 7) is 4.79. The van der Waals surface area contributed by atoms with Gasteiger partial charge in [0.1, 0.15) is 0 Å². The highest BCUT2D eigenvalue weighted by molar-refractivity contribution is 5.94. The lowest BCUT2D eigenvalue weighted by Crippen LogP contribution is -2.29. The van der Waals surface area contributed by atoms with E-state index in [1.165, 1.54) is 49.0 Å². The maximum atomic E-state index is 12.5. The van der Waals surface area contributed by atoms with Crippen LogP contribution in [0.15, 0.2) is 48.5 Å². The van der Waals surface area contributed by atoms with Crippen LogP contribution in [-0.4, -0.2) is 42.9 Å². The molecular weight excluding hydrogens is 334 g/mol. The first-order valence-corrected chi connectivity index (χ1v) is 9.93. The second kappa shape index (κ2) is 9.67. The van der Waals surface area contributed by atoms with Crippen LogP contribution in [0.3, 0.4) is 0 Å². The van der Waals surface area contributed by atoms with E-state index >= 15 is 0 Å². The second-order valence-electron chi connectivity index (χ2n) is 7.72. The van der Waals surface area contributed by atoms with Crippen molar-refractivity contribution in [2.24, 2.45) is 0 Å². The van der Waals surface area contributed by atoms with Crippen molar-refractivity contribution in [2.75, 3.05) is 27.2 Å². The van der Waals surface area contributed by atoms with Gasteiger partial charge in [-0.15, -0.1) is 0 Å². The van der Waals surface area contributed by atoms with Gasteiger partial charge < -0.3 is 10.2 Å². The van der Waals surface area contributed by atoms with Gasteiger partial charge in [-0.05, 0) is 68.8 Å². The van der Waals surface area contributed by atoms with Gasteiger partial charge in [0.2, 0.25) is 0 Å². The molecule has 3 rings (SSSR count). The Morgan fingerprint density at radius 3 is 2.30 bits per heavy atom. The molecule has 1 N–H and O–H groups in total. The SMILES string of the molecule is CN(C)Cc1ccccc1CNC(=O)c1ccc(CN2CCCCC2)cc1. The number of carbonyl (C=O) groups excluding carboxylic acids is 1. The summed E-state index contributed by atoms with van der Waals surface area (Å²) in [6, 6.07) is 16.3. The molecule has 0 unspecified atom stereocenters. The van der Waals surface area contributed by atoms with E-state index in [4.69, 9.17) is 0 Å². The summed E-state index contributed by atoms with van der Waals surface area (Å²) in [5, 5.41) is 3.06. The number of amides is 1. The molecule has 1 saturated heterocycles. The Bertz CT molecular complexity index is 734. The third kappa shape index (κ3) is 5.91. The molecule has 1 amide bonds. The van der Waals surface area contributed by atoms with Crippen LogP contribution >= 0.6 is 0 Å². The maximum absolute atomic E-state index is 12.5. The van der Waals surface area contributed by atoms with E-state index in [-0.39, 0.29) is 5.91 Å². The molecule has 0 aromatic heterocycles. The summed E-state index contributed by atoms with van der Waals surface area (Å²) in [5.41, 5.74) is 4.42. The third-order valence-electron chi connectivity index (χ3n) is 5.12. The zero-order chi connectivity index (χ0) is 19.1. The van der Waals surface area contributed by atoms with Crippen LogP contribution in [0.25, 0.3) is 0 Å². The van der Waals surface area contributed by atoms with Crippen molar-refractivity contribution in [3.8, 4) is 0 Å². The van der Waals surface area contributed by atoms with Crippen LogP contribution in [0, 0.1) is 0 Å². The van der Waals surface area contributed by atoms with Gasteiger partial charge in [-0.25, -0.2) is 0 Å². The maximum Gasteiger partial charge on any atom is 0.251 e. The van der Waals surface area contributed by atoms with Gasteiger partial charge in [0, 0.05) is 25.2 Å². The quantitative estimate of drug-likeness (QED) is 0.813. The number of hydrogen-bond acceptors (Lipinski definition) is 3. The van der Waals surface area contributed by atoms with Crippen LogP contribution in [0.5, 0.6) is 0 Å². The van der Waals surface area contributed by atoms with Gasteiger partial charge in [0.25, 0.3) is 5.91 Å². The molecule has 1 fully saturated rings. The van der Waals surface area contributed by atoms with E-state index in [2.05, 4.69) is 53.5 Å². The van der Waals surface area contributed by atoms with Gasteiger partial charge >= 0.3 is 0 Å². The largest absolute Gasteiger partial charge is 0.348 e. The Morgan fingerprint density at radius 2 is 1.63 bits per heavy atom. The molecule has 0 saturated carbocycles. The van der Waals surface area contributed by atoms with Gasteiger partial charge in [0.05, 0.1) is 0 Å². The van der Waals surface area contributed by atoms with Crippen LogP contribution in [0.2, 0.25) is 0 Å². The number of nitrogens with one attached hydrogen (secondary N) is 1. The molecule has 0 atom stereocenters. The molecule has 2 aromatic carbocycles. The lowest BCUT2D eigenvalue weighted by atomic mass is 10.1. The Balaban J connectivity index is 1.55. The average Bonchev–Trinajstić information content (AvgIpc) is 2.68. The van der Waals surface area contributed by atoms with E-state index in [1.807, 2.05) is 24.3 Å². The third-order valence-corrected chi connectivity index (χ3v) is 5.12. The molecule has 4 heteroatoms. The summed E-state index contributed by atoms with van der Waals surface area (Å²) in [5.74, 6) is -0.0146. The van der Waals surface area contributed by atoms with E-state index in [0.717, 1.165) is 18.7 Å². The van der Waals surface area contributed by atoms with Crippen LogP contribution in [0.1, 0.15) is 46.3 Å². The fraction of sp³-hybridized carbons (Fsp3) is 0.435. The zero-order valence-corrected chi connectivity index (χ0v) is 16.6. The Morgan fingerprint density at radius 1 is 0.963 bits per heavy atom. The van der Waals surface area contributed by atoms with E-state index in [1.54, 1.807) is 0 Å². The average molecular weight is 366 g/mol. The van der Waals surface area contributed by atoms with E-state index in [0.29, 0.717) is 6.54 Å². The molecule has 4 nitrogen and oxygen atoms in total. The van der Waals surface area contributed by atoms with Crippen molar-refractivity contribution in [3.05, 3.63) is 70.8 Å². The predicted molar refractivity (Wildman–Crippen MR) is 111 cm³/mol. The molecule has 0 aliphatic carbocycles. The molecule has 27 heavy (non-hydrogen) atoms. The molecule has 144 valence electrons. The molecule has 0 radical (unpaired) electrons. The van der Waals surface area contributed by atoms with Crippen LogP contribution < -0.4 is 5.32 Å². The fourth-order valence-electron chi connectivity index (χ4n) is 3.64. The van der Waals surface area contributed by atoms with Crippen molar-refractivity contribution in [3.63, 3.8) is 0 Å². The fourth-order valence-corrected chi connectivity index (χ4v) is 3.64. The number of hydrogen-bond donors (Lipinski definition) is 1.